The monoisotopic (exact) mass is 225 g/mol. The van der Waals surface area contributed by atoms with Gasteiger partial charge in [0.2, 0.25) is 5.88 Å². The van der Waals surface area contributed by atoms with Gasteiger partial charge in [-0.3, -0.25) is 0 Å². The summed E-state index contributed by atoms with van der Waals surface area (Å²) in [6, 6.07) is 1.79. The Hall–Kier alpha value is -1.82. The van der Waals surface area contributed by atoms with Gasteiger partial charge in [-0.1, -0.05) is 0 Å². The fourth-order valence-corrected chi connectivity index (χ4v) is 1.41. The summed E-state index contributed by atoms with van der Waals surface area (Å²) < 4.78 is 5.10. The number of carboxylic acid groups (broad SMARTS) is 1. The van der Waals surface area contributed by atoms with E-state index in [1.165, 1.54) is 7.11 Å². The minimum atomic E-state index is -1.08. The molecule has 0 bridgehead atoms. The van der Waals surface area contributed by atoms with Gasteiger partial charge in [0.25, 0.3) is 0 Å². The average Bonchev–Trinajstić information content (AvgIpc) is 2.25. The number of pyridine rings is 1. The van der Waals surface area contributed by atoms with Gasteiger partial charge in [0.05, 0.1) is 19.3 Å². The summed E-state index contributed by atoms with van der Waals surface area (Å²) in [4.78, 5) is 14.5. The molecule has 0 saturated carbocycles. The Bertz CT molecular complexity index is 393. The van der Waals surface area contributed by atoms with Crippen molar-refractivity contribution in [2.24, 2.45) is 5.73 Å². The first-order valence-electron chi connectivity index (χ1n) is 4.78. The summed E-state index contributed by atoms with van der Waals surface area (Å²) in [5, 5.41) is 10.7. The normalized spacial score (nSPS) is 9.94. The minimum absolute atomic E-state index is 0.150. The fraction of sp³-hybridized carbons (Fsp3) is 0.400. The van der Waals surface area contributed by atoms with E-state index < -0.39 is 6.09 Å². The van der Waals surface area contributed by atoms with E-state index in [4.69, 9.17) is 15.6 Å². The van der Waals surface area contributed by atoms with Gasteiger partial charge < -0.3 is 20.9 Å². The van der Waals surface area contributed by atoms with Crippen molar-refractivity contribution in [2.45, 2.75) is 20.0 Å². The first-order chi connectivity index (χ1) is 7.58. The van der Waals surface area contributed by atoms with Crippen LogP contribution in [0.4, 0.5) is 4.79 Å². The highest BCUT2D eigenvalue weighted by molar-refractivity contribution is 5.64. The zero-order valence-electron chi connectivity index (χ0n) is 9.28. The predicted molar refractivity (Wildman–Crippen MR) is 58.3 cm³/mol. The Morgan fingerprint density at radius 1 is 1.69 bits per heavy atom. The number of hydrogen-bond acceptors (Lipinski definition) is 4. The average molecular weight is 225 g/mol. The molecule has 16 heavy (non-hydrogen) atoms. The van der Waals surface area contributed by atoms with Crippen LogP contribution in [0.2, 0.25) is 0 Å². The Labute approximate surface area is 93.4 Å². The van der Waals surface area contributed by atoms with Crippen LogP contribution >= 0.6 is 0 Å². The third-order valence-corrected chi connectivity index (χ3v) is 2.18. The van der Waals surface area contributed by atoms with Crippen LogP contribution in [0.25, 0.3) is 0 Å². The number of nitrogens with two attached hydrogens (primary N) is 1. The first kappa shape index (κ1) is 12.3. The zero-order chi connectivity index (χ0) is 12.1. The Morgan fingerprint density at radius 2 is 2.38 bits per heavy atom. The largest absolute Gasteiger partial charge is 0.481 e. The van der Waals surface area contributed by atoms with Crippen LogP contribution in [0.1, 0.15) is 16.8 Å². The lowest BCUT2D eigenvalue weighted by molar-refractivity contribution is 0.193. The van der Waals surface area contributed by atoms with Crippen molar-refractivity contribution in [1.29, 1.82) is 0 Å². The summed E-state index contributed by atoms with van der Waals surface area (Å²) in [5.74, 6) is 0.449. The van der Waals surface area contributed by atoms with Crippen molar-refractivity contribution in [3.63, 3.8) is 0 Å². The third-order valence-electron chi connectivity index (χ3n) is 2.18. The van der Waals surface area contributed by atoms with Crippen LogP contribution in [0.3, 0.4) is 0 Å². The molecule has 0 fully saturated rings. The Morgan fingerprint density at radius 3 is 2.88 bits per heavy atom. The van der Waals surface area contributed by atoms with Gasteiger partial charge in [0.15, 0.2) is 0 Å². The maximum absolute atomic E-state index is 10.3. The molecule has 4 N–H and O–H groups in total. The molecule has 1 rings (SSSR count). The molecule has 0 aliphatic heterocycles. The second-order valence-corrected chi connectivity index (χ2v) is 3.28. The molecule has 0 aromatic carbocycles. The Balaban J connectivity index is 2.96. The van der Waals surface area contributed by atoms with Gasteiger partial charge >= 0.3 is 6.09 Å². The molecule has 1 amide bonds. The van der Waals surface area contributed by atoms with Crippen LogP contribution in [0.15, 0.2) is 6.07 Å². The molecule has 0 aliphatic rings. The number of aryl methyl sites for hydroxylation is 1. The van der Waals surface area contributed by atoms with Gasteiger partial charge in [-0.2, -0.15) is 0 Å². The third kappa shape index (κ3) is 2.83. The molecule has 1 aromatic heterocycles. The number of rotatable bonds is 4. The van der Waals surface area contributed by atoms with E-state index in [1.807, 2.05) is 6.92 Å². The molecule has 6 heteroatoms. The molecular weight excluding hydrogens is 210 g/mol. The summed E-state index contributed by atoms with van der Waals surface area (Å²) >= 11 is 0. The number of aromatic nitrogens is 1. The molecular formula is C10H15N3O3. The van der Waals surface area contributed by atoms with Crippen LogP contribution in [-0.4, -0.2) is 23.3 Å². The standard InChI is InChI=1S/C10H15N3O3/c1-6-3-7(5-12-10(14)15)13-9(16-2)8(6)4-11/h3,12H,4-5,11H2,1-2H3,(H,14,15). The summed E-state index contributed by atoms with van der Waals surface area (Å²) in [7, 11) is 1.51. The van der Waals surface area contributed by atoms with Gasteiger partial charge in [0, 0.05) is 12.1 Å². The van der Waals surface area contributed by atoms with Crippen molar-refractivity contribution in [3.05, 3.63) is 22.9 Å². The topological polar surface area (TPSA) is 97.5 Å². The van der Waals surface area contributed by atoms with E-state index in [9.17, 15) is 4.79 Å². The lowest BCUT2D eigenvalue weighted by Gasteiger charge is -2.11. The van der Waals surface area contributed by atoms with E-state index >= 15 is 0 Å². The summed E-state index contributed by atoms with van der Waals surface area (Å²) in [6.45, 7) is 2.38. The highest BCUT2D eigenvalue weighted by Crippen LogP contribution is 2.19. The van der Waals surface area contributed by atoms with Crippen molar-refractivity contribution >= 4 is 6.09 Å². The van der Waals surface area contributed by atoms with Crippen LogP contribution in [-0.2, 0) is 13.1 Å². The molecule has 1 aromatic rings. The van der Waals surface area contributed by atoms with Crippen LogP contribution in [0, 0.1) is 6.92 Å². The smallest absolute Gasteiger partial charge is 0.404 e. The number of methoxy groups -OCH3 is 1. The van der Waals surface area contributed by atoms with E-state index in [-0.39, 0.29) is 6.54 Å². The van der Waals surface area contributed by atoms with Crippen molar-refractivity contribution in [1.82, 2.24) is 10.3 Å². The van der Waals surface area contributed by atoms with Gasteiger partial charge in [-0.15, -0.1) is 0 Å². The van der Waals surface area contributed by atoms with Gasteiger partial charge in [-0.05, 0) is 18.6 Å². The second kappa shape index (κ2) is 5.32. The molecule has 1 heterocycles. The summed E-state index contributed by atoms with van der Waals surface area (Å²) in [5.41, 5.74) is 7.95. The SMILES string of the molecule is COc1nc(CNC(=O)O)cc(C)c1CN. The molecule has 0 atom stereocenters. The number of ether oxygens (including phenoxy) is 1. The van der Waals surface area contributed by atoms with E-state index in [0.29, 0.717) is 18.1 Å². The second-order valence-electron chi connectivity index (χ2n) is 3.28. The first-order valence-corrected chi connectivity index (χ1v) is 4.78. The quantitative estimate of drug-likeness (QED) is 0.698. The van der Waals surface area contributed by atoms with Crippen LogP contribution in [0.5, 0.6) is 5.88 Å². The molecule has 88 valence electrons. The lowest BCUT2D eigenvalue weighted by Crippen LogP contribution is -2.21. The maximum atomic E-state index is 10.3. The number of hydrogen-bond donors (Lipinski definition) is 3. The molecule has 0 saturated heterocycles. The van der Waals surface area contributed by atoms with Crippen molar-refractivity contribution in [3.8, 4) is 5.88 Å². The predicted octanol–water partition coefficient (Wildman–Crippen LogP) is 0.625. The maximum Gasteiger partial charge on any atom is 0.404 e. The van der Waals surface area contributed by atoms with Crippen LogP contribution < -0.4 is 15.8 Å². The van der Waals surface area contributed by atoms with Crippen molar-refractivity contribution in [2.75, 3.05) is 7.11 Å². The minimum Gasteiger partial charge on any atom is -0.481 e. The van der Waals surface area contributed by atoms with Gasteiger partial charge in [-0.25, -0.2) is 9.78 Å². The molecule has 6 nitrogen and oxygen atoms in total. The number of carbonyl (C=O) groups is 1. The van der Waals surface area contributed by atoms with E-state index in [2.05, 4.69) is 10.3 Å². The van der Waals surface area contributed by atoms with Gasteiger partial charge in [0.1, 0.15) is 0 Å². The van der Waals surface area contributed by atoms with E-state index in [0.717, 1.165) is 11.1 Å². The zero-order valence-corrected chi connectivity index (χ0v) is 9.28. The Kier molecular flexibility index (Phi) is 4.07. The number of nitrogens with one attached hydrogen (secondary N) is 1. The number of amides is 1. The molecule has 0 spiro atoms. The molecule has 0 aliphatic carbocycles. The van der Waals surface area contributed by atoms with E-state index in [1.54, 1.807) is 6.07 Å². The summed E-state index contributed by atoms with van der Waals surface area (Å²) in [6.07, 6.45) is -1.08. The number of nitrogens with zero attached hydrogens (tertiary/aromatic N) is 1. The lowest BCUT2D eigenvalue weighted by atomic mass is 10.1. The fourth-order valence-electron chi connectivity index (χ4n) is 1.41. The van der Waals surface area contributed by atoms with Crippen molar-refractivity contribution < 1.29 is 14.6 Å². The highest BCUT2D eigenvalue weighted by atomic mass is 16.5. The molecule has 0 radical (unpaired) electrons. The highest BCUT2D eigenvalue weighted by Gasteiger charge is 2.09. The molecule has 0 unspecified atom stereocenters.